The van der Waals surface area contributed by atoms with Gasteiger partial charge in [-0.05, 0) is 53.6 Å². The van der Waals surface area contributed by atoms with Crippen LogP contribution >= 0.6 is 0 Å². The largest absolute Gasteiger partial charge is 0.309 e. The molecule has 0 saturated heterocycles. The van der Waals surface area contributed by atoms with Gasteiger partial charge in [-0.3, -0.25) is 0 Å². The Morgan fingerprint density at radius 2 is 0.875 bits per heavy atom. The summed E-state index contributed by atoms with van der Waals surface area (Å²) in [5.41, 5.74) is 11.1. The fourth-order valence-corrected chi connectivity index (χ4v) is 7.41. The zero-order valence-corrected chi connectivity index (χ0v) is 25.8. The third kappa shape index (κ3) is 4.01. The van der Waals surface area contributed by atoms with Gasteiger partial charge < -0.3 is 9.13 Å². The van der Waals surface area contributed by atoms with Crippen LogP contribution in [-0.2, 0) is 0 Å². The monoisotopic (exact) mass is 610 g/mol. The number of para-hydroxylation sites is 5. The first-order valence-corrected chi connectivity index (χ1v) is 15.9. The molecule has 0 amide bonds. The van der Waals surface area contributed by atoms with Crippen LogP contribution in [0.25, 0.3) is 77.2 Å². The average Bonchev–Trinajstić information content (AvgIpc) is 3.68. The van der Waals surface area contributed by atoms with Gasteiger partial charge in [-0.2, -0.15) is 10.5 Å². The highest BCUT2D eigenvalue weighted by atomic mass is 15.0. The van der Waals surface area contributed by atoms with E-state index in [-0.39, 0.29) is 0 Å². The van der Waals surface area contributed by atoms with Crippen molar-refractivity contribution < 1.29 is 0 Å². The van der Waals surface area contributed by atoms with Gasteiger partial charge in [-0.15, -0.1) is 0 Å². The van der Waals surface area contributed by atoms with Crippen molar-refractivity contribution >= 4 is 43.6 Å². The number of aromatic nitrogens is 2. The maximum absolute atomic E-state index is 10.6. The van der Waals surface area contributed by atoms with E-state index in [2.05, 4.69) is 124 Å². The Balaban J connectivity index is 1.27. The fraction of sp³-hybridized carbons (Fsp3) is 0. The molecule has 0 radical (unpaired) electrons. The molecule has 4 heteroatoms. The van der Waals surface area contributed by atoms with Crippen LogP contribution in [0.1, 0.15) is 11.1 Å². The number of hydrogen-bond donors (Lipinski definition) is 0. The normalized spacial score (nSPS) is 11.3. The molecule has 9 aromatic rings. The predicted molar refractivity (Wildman–Crippen MR) is 195 cm³/mol. The van der Waals surface area contributed by atoms with Crippen molar-refractivity contribution in [2.24, 2.45) is 0 Å². The molecule has 0 N–H and O–H groups in total. The van der Waals surface area contributed by atoms with E-state index in [4.69, 9.17) is 0 Å². The molecule has 2 aromatic heterocycles. The first kappa shape index (κ1) is 27.4. The quantitative estimate of drug-likeness (QED) is 0.199. The molecular formula is C44H26N4. The molecule has 0 aliphatic heterocycles. The van der Waals surface area contributed by atoms with Crippen LogP contribution in [0.15, 0.2) is 158 Å². The first-order valence-electron chi connectivity index (χ1n) is 15.9. The van der Waals surface area contributed by atoms with Crippen molar-refractivity contribution in [3.05, 3.63) is 169 Å². The van der Waals surface area contributed by atoms with Gasteiger partial charge in [0, 0.05) is 38.4 Å². The summed E-state index contributed by atoms with van der Waals surface area (Å²) in [5, 5.41) is 25.3. The summed E-state index contributed by atoms with van der Waals surface area (Å²) in [4.78, 5) is 0. The molecule has 0 saturated carbocycles. The smallest absolute Gasteiger partial charge is 0.101 e. The molecule has 2 heterocycles. The first-order chi connectivity index (χ1) is 23.8. The van der Waals surface area contributed by atoms with Gasteiger partial charge in [0.2, 0.25) is 0 Å². The van der Waals surface area contributed by atoms with Crippen LogP contribution in [-0.4, -0.2) is 9.13 Å². The molecule has 4 nitrogen and oxygen atoms in total. The van der Waals surface area contributed by atoms with Crippen molar-refractivity contribution in [1.82, 2.24) is 9.13 Å². The topological polar surface area (TPSA) is 57.4 Å². The number of hydrogen-bond acceptors (Lipinski definition) is 2. The zero-order valence-electron chi connectivity index (χ0n) is 25.8. The highest BCUT2D eigenvalue weighted by Crippen LogP contribution is 2.41. The third-order valence-electron chi connectivity index (χ3n) is 9.43. The van der Waals surface area contributed by atoms with Crippen molar-refractivity contribution in [2.45, 2.75) is 0 Å². The minimum absolute atomic E-state index is 0.600. The fourth-order valence-electron chi connectivity index (χ4n) is 7.41. The lowest BCUT2D eigenvalue weighted by atomic mass is 9.91. The Morgan fingerprint density at radius 1 is 0.375 bits per heavy atom. The summed E-state index contributed by atoms with van der Waals surface area (Å²) >= 11 is 0. The lowest BCUT2D eigenvalue weighted by Gasteiger charge is -2.18. The number of fused-ring (bicyclic) bond motifs is 6. The summed E-state index contributed by atoms with van der Waals surface area (Å²) < 4.78 is 4.46. The van der Waals surface area contributed by atoms with E-state index < -0.39 is 0 Å². The molecule has 48 heavy (non-hydrogen) atoms. The lowest BCUT2D eigenvalue weighted by Crippen LogP contribution is -2.00. The maximum atomic E-state index is 10.6. The van der Waals surface area contributed by atoms with Crippen LogP contribution < -0.4 is 0 Å². The Labute approximate surface area is 277 Å². The van der Waals surface area contributed by atoms with E-state index in [1.54, 1.807) is 0 Å². The molecule has 0 aliphatic carbocycles. The van der Waals surface area contributed by atoms with Crippen LogP contribution in [0, 0.1) is 22.7 Å². The van der Waals surface area contributed by atoms with E-state index in [9.17, 15) is 10.5 Å². The molecular weight excluding hydrogens is 585 g/mol. The number of nitrogens with zero attached hydrogens (tertiary/aromatic N) is 4. The SMILES string of the molecule is N#Cc1cc(-n2c3ccccc3c3ccccc32)ccc1-c1ccccc1-c1ccccc1-n1c2ccccc2c2cccc(C#N)c21. The second kappa shape index (κ2) is 10.9. The van der Waals surface area contributed by atoms with Gasteiger partial charge >= 0.3 is 0 Å². The molecule has 0 spiro atoms. The Hall–Kier alpha value is -6.88. The van der Waals surface area contributed by atoms with Crippen LogP contribution in [0.3, 0.4) is 0 Å². The summed E-state index contributed by atoms with van der Waals surface area (Å²) in [6, 6.07) is 58.8. The molecule has 0 aliphatic rings. The molecule has 7 aromatic carbocycles. The third-order valence-corrected chi connectivity index (χ3v) is 9.43. The van der Waals surface area contributed by atoms with Crippen LogP contribution in [0.4, 0.5) is 0 Å². The molecule has 0 atom stereocenters. The van der Waals surface area contributed by atoms with Crippen LogP contribution in [0.5, 0.6) is 0 Å². The highest BCUT2D eigenvalue weighted by molar-refractivity contribution is 6.12. The maximum Gasteiger partial charge on any atom is 0.101 e. The molecule has 9 rings (SSSR count). The summed E-state index contributed by atoms with van der Waals surface area (Å²) in [6.45, 7) is 0. The van der Waals surface area contributed by atoms with Crippen molar-refractivity contribution in [3.63, 3.8) is 0 Å². The van der Waals surface area contributed by atoms with E-state index in [0.29, 0.717) is 11.1 Å². The molecule has 222 valence electrons. The van der Waals surface area contributed by atoms with Gasteiger partial charge in [0.05, 0.1) is 45.0 Å². The molecule has 0 unspecified atom stereocenters. The van der Waals surface area contributed by atoms with E-state index >= 15 is 0 Å². The second-order valence-electron chi connectivity index (χ2n) is 11.9. The Bertz CT molecular complexity index is 2760. The highest BCUT2D eigenvalue weighted by Gasteiger charge is 2.20. The second-order valence-corrected chi connectivity index (χ2v) is 11.9. The number of rotatable bonds is 4. The summed E-state index contributed by atoms with van der Waals surface area (Å²) in [6.07, 6.45) is 0. The van der Waals surface area contributed by atoms with Crippen molar-refractivity contribution in [1.29, 1.82) is 10.5 Å². The van der Waals surface area contributed by atoms with Crippen molar-refractivity contribution in [2.75, 3.05) is 0 Å². The van der Waals surface area contributed by atoms with E-state index in [1.165, 1.54) is 10.8 Å². The van der Waals surface area contributed by atoms with Crippen molar-refractivity contribution in [3.8, 4) is 45.8 Å². The minimum Gasteiger partial charge on any atom is -0.309 e. The zero-order chi connectivity index (χ0) is 32.2. The number of nitriles is 2. The molecule has 0 bridgehead atoms. The molecule has 0 fully saturated rings. The Morgan fingerprint density at radius 3 is 1.52 bits per heavy atom. The minimum atomic E-state index is 0.600. The lowest BCUT2D eigenvalue weighted by molar-refractivity contribution is 1.17. The van der Waals surface area contributed by atoms with Gasteiger partial charge in [-0.25, -0.2) is 0 Å². The van der Waals surface area contributed by atoms with Gasteiger partial charge in [-0.1, -0.05) is 115 Å². The van der Waals surface area contributed by atoms with E-state index in [0.717, 1.165) is 66.5 Å². The van der Waals surface area contributed by atoms with Gasteiger partial charge in [0.15, 0.2) is 0 Å². The predicted octanol–water partition coefficient (Wildman–Crippen LogP) is 11.0. The standard InChI is InChI=1S/C44H26N4/c45-27-29-12-11-19-39-38-18-6-10-23-43(38)48(44(29)39)42-22-9-3-15-35(42)34-14-2-1-13-33(34)32-25-24-31(26-30(32)28-46)47-40-20-7-4-16-36(40)37-17-5-8-21-41(37)47/h1-26H. The van der Waals surface area contributed by atoms with Gasteiger partial charge in [0.25, 0.3) is 0 Å². The number of benzene rings is 7. The van der Waals surface area contributed by atoms with E-state index in [1.807, 2.05) is 54.6 Å². The Kier molecular flexibility index (Phi) is 6.22. The average molecular weight is 611 g/mol. The van der Waals surface area contributed by atoms with Crippen LogP contribution in [0.2, 0.25) is 0 Å². The summed E-state index contributed by atoms with van der Waals surface area (Å²) in [7, 11) is 0. The van der Waals surface area contributed by atoms with Gasteiger partial charge in [0.1, 0.15) is 6.07 Å². The summed E-state index contributed by atoms with van der Waals surface area (Å²) in [5.74, 6) is 0.